The molecule has 2 amide bonds. The third-order valence-corrected chi connectivity index (χ3v) is 3.44. The lowest BCUT2D eigenvalue weighted by Crippen LogP contribution is -2.13. The highest BCUT2D eigenvalue weighted by Crippen LogP contribution is 2.11. The molecule has 26 heavy (non-hydrogen) atoms. The zero-order valence-corrected chi connectivity index (χ0v) is 13.8. The fraction of sp³-hybridized carbons (Fsp3) is 0. The summed E-state index contributed by atoms with van der Waals surface area (Å²) in [5.74, 6) is -0.107. The third kappa shape index (κ3) is 4.85. The Balaban J connectivity index is 1.56. The Morgan fingerprint density at radius 2 is 1.65 bits per heavy atom. The van der Waals surface area contributed by atoms with Gasteiger partial charge in [-0.15, -0.1) is 0 Å². The minimum atomic E-state index is -0.273. The van der Waals surface area contributed by atoms with Crippen molar-refractivity contribution in [2.45, 2.75) is 0 Å². The fourth-order valence-corrected chi connectivity index (χ4v) is 2.15. The average Bonchev–Trinajstić information content (AvgIpc) is 2.69. The van der Waals surface area contributed by atoms with Gasteiger partial charge in [0.2, 0.25) is 5.91 Å². The van der Waals surface area contributed by atoms with Crippen molar-refractivity contribution < 1.29 is 9.59 Å². The number of benzene rings is 1. The first-order chi connectivity index (χ1) is 12.7. The lowest BCUT2D eigenvalue weighted by molar-refractivity contribution is -0.111. The van der Waals surface area contributed by atoms with Crippen molar-refractivity contribution in [1.82, 2.24) is 9.97 Å². The van der Waals surface area contributed by atoms with Gasteiger partial charge in [-0.25, -0.2) is 4.98 Å². The second kappa shape index (κ2) is 8.34. The predicted molar refractivity (Wildman–Crippen MR) is 101 cm³/mol. The number of rotatable bonds is 5. The zero-order chi connectivity index (χ0) is 18.2. The minimum Gasteiger partial charge on any atom is -0.321 e. The molecule has 3 aromatic rings. The second-order valence-electron chi connectivity index (χ2n) is 5.36. The van der Waals surface area contributed by atoms with Gasteiger partial charge in [-0.1, -0.05) is 18.2 Å². The number of nitrogens with zero attached hydrogens (tertiary/aromatic N) is 2. The Morgan fingerprint density at radius 1 is 0.885 bits per heavy atom. The van der Waals surface area contributed by atoms with E-state index in [1.165, 1.54) is 12.3 Å². The topological polar surface area (TPSA) is 84.0 Å². The van der Waals surface area contributed by atoms with E-state index >= 15 is 0 Å². The molecule has 0 saturated carbocycles. The van der Waals surface area contributed by atoms with E-state index in [1.54, 1.807) is 67.0 Å². The van der Waals surface area contributed by atoms with Crippen LogP contribution in [0.2, 0.25) is 0 Å². The molecule has 1 aromatic carbocycles. The van der Waals surface area contributed by atoms with Gasteiger partial charge in [0.05, 0.1) is 11.9 Å². The molecular weight excluding hydrogens is 328 g/mol. The minimum absolute atomic E-state index is 0.241. The second-order valence-corrected chi connectivity index (χ2v) is 5.36. The molecule has 2 N–H and O–H groups in total. The molecule has 128 valence electrons. The summed E-state index contributed by atoms with van der Waals surface area (Å²) < 4.78 is 0. The number of amides is 2. The van der Waals surface area contributed by atoms with Crippen LogP contribution in [0.3, 0.4) is 0 Å². The molecule has 0 atom stereocenters. The Kier molecular flexibility index (Phi) is 5.47. The number of hydrogen-bond donors (Lipinski definition) is 2. The van der Waals surface area contributed by atoms with Crippen LogP contribution >= 0.6 is 0 Å². The molecule has 3 rings (SSSR count). The molecule has 0 aliphatic heterocycles. The quantitative estimate of drug-likeness (QED) is 0.695. The molecule has 6 nitrogen and oxygen atoms in total. The number of nitrogens with one attached hydrogen (secondary N) is 2. The molecule has 0 aliphatic rings. The van der Waals surface area contributed by atoms with Crippen LogP contribution in [0.4, 0.5) is 11.5 Å². The highest BCUT2D eigenvalue weighted by Gasteiger charge is 2.06. The molecule has 0 aliphatic carbocycles. The van der Waals surface area contributed by atoms with Gasteiger partial charge >= 0.3 is 0 Å². The highest BCUT2D eigenvalue weighted by molar-refractivity contribution is 6.04. The van der Waals surface area contributed by atoms with Gasteiger partial charge < -0.3 is 10.6 Å². The molecule has 0 saturated heterocycles. The van der Waals surface area contributed by atoms with Crippen molar-refractivity contribution in [1.29, 1.82) is 0 Å². The highest BCUT2D eigenvalue weighted by atomic mass is 16.2. The smallest absolute Gasteiger partial charge is 0.256 e. The van der Waals surface area contributed by atoms with Crippen LogP contribution < -0.4 is 10.6 Å². The predicted octanol–water partition coefficient (Wildman–Crippen LogP) is 3.38. The van der Waals surface area contributed by atoms with Gasteiger partial charge in [0.25, 0.3) is 5.91 Å². The normalized spacial score (nSPS) is 10.5. The van der Waals surface area contributed by atoms with Crippen molar-refractivity contribution in [3.63, 3.8) is 0 Å². The first-order valence-electron chi connectivity index (χ1n) is 7.92. The van der Waals surface area contributed by atoms with Gasteiger partial charge in [-0.3, -0.25) is 14.6 Å². The summed E-state index contributed by atoms with van der Waals surface area (Å²) in [4.78, 5) is 32.0. The van der Waals surface area contributed by atoms with Crippen LogP contribution in [0.25, 0.3) is 6.08 Å². The summed E-state index contributed by atoms with van der Waals surface area (Å²) in [6.07, 6.45) is 7.92. The summed E-state index contributed by atoms with van der Waals surface area (Å²) in [6.45, 7) is 0. The Bertz CT molecular complexity index is 908. The SMILES string of the molecule is O=C(/C=C\c1ccncc1)Nc1ccc(NC(=O)c2ccccc2)nc1. The maximum Gasteiger partial charge on any atom is 0.256 e. The van der Waals surface area contributed by atoms with Crippen molar-refractivity contribution in [3.8, 4) is 0 Å². The molecule has 0 unspecified atom stereocenters. The molecule has 2 aromatic heterocycles. The Labute approximate surface area is 150 Å². The monoisotopic (exact) mass is 344 g/mol. The van der Waals surface area contributed by atoms with Crippen LogP contribution in [0.15, 0.2) is 79.3 Å². The van der Waals surface area contributed by atoms with Gasteiger partial charge in [0, 0.05) is 24.0 Å². The molecule has 0 bridgehead atoms. The van der Waals surface area contributed by atoms with Crippen LogP contribution in [0, 0.1) is 0 Å². The number of hydrogen-bond acceptors (Lipinski definition) is 4. The standard InChI is InChI=1S/C20H16N4O2/c25-19(9-6-15-10-12-21-13-11-15)23-17-7-8-18(22-14-17)24-20(26)16-4-2-1-3-5-16/h1-14H,(H,23,25)(H,22,24,26)/b9-6-. The van der Waals surface area contributed by atoms with Gasteiger partial charge in [-0.05, 0) is 48.0 Å². The molecule has 6 heteroatoms. The van der Waals surface area contributed by atoms with Crippen LogP contribution in [0.5, 0.6) is 0 Å². The van der Waals surface area contributed by atoms with E-state index in [0.717, 1.165) is 5.56 Å². The molecule has 0 spiro atoms. The van der Waals surface area contributed by atoms with Gasteiger partial charge in [0.15, 0.2) is 0 Å². The number of anilines is 2. The van der Waals surface area contributed by atoms with Crippen LogP contribution in [0.1, 0.15) is 15.9 Å². The molecular formula is C20H16N4O2. The van der Waals surface area contributed by atoms with Crippen LogP contribution in [-0.2, 0) is 4.79 Å². The van der Waals surface area contributed by atoms with Crippen LogP contribution in [-0.4, -0.2) is 21.8 Å². The van der Waals surface area contributed by atoms with Crippen molar-refractivity contribution in [2.24, 2.45) is 0 Å². The number of pyridine rings is 2. The van der Waals surface area contributed by atoms with Gasteiger partial charge in [0.1, 0.15) is 5.82 Å². The van der Waals surface area contributed by atoms with E-state index in [-0.39, 0.29) is 11.8 Å². The van der Waals surface area contributed by atoms with Crippen molar-refractivity contribution in [2.75, 3.05) is 10.6 Å². The number of carbonyl (C=O) groups is 2. The molecule has 0 radical (unpaired) electrons. The summed E-state index contributed by atoms with van der Waals surface area (Å²) in [5.41, 5.74) is 1.97. The van der Waals surface area contributed by atoms with E-state index in [1.807, 2.05) is 6.07 Å². The number of aromatic nitrogens is 2. The van der Waals surface area contributed by atoms with E-state index < -0.39 is 0 Å². The molecule has 0 fully saturated rings. The largest absolute Gasteiger partial charge is 0.321 e. The maximum atomic E-state index is 12.1. The molecule has 2 heterocycles. The first-order valence-corrected chi connectivity index (χ1v) is 7.92. The summed E-state index contributed by atoms with van der Waals surface area (Å²) >= 11 is 0. The average molecular weight is 344 g/mol. The number of carbonyl (C=O) groups excluding carboxylic acids is 2. The van der Waals surface area contributed by atoms with E-state index in [9.17, 15) is 9.59 Å². The first kappa shape index (κ1) is 17.0. The van der Waals surface area contributed by atoms with E-state index in [0.29, 0.717) is 17.1 Å². The zero-order valence-electron chi connectivity index (χ0n) is 13.8. The lowest BCUT2D eigenvalue weighted by Gasteiger charge is -2.06. The van der Waals surface area contributed by atoms with E-state index in [4.69, 9.17) is 0 Å². The Morgan fingerprint density at radius 3 is 2.35 bits per heavy atom. The third-order valence-electron chi connectivity index (χ3n) is 3.44. The lowest BCUT2D eigenvalue weighted by atomic mass is 10.2. The van der Waals surface area contributed by atoms with Crippen molar-refractivity contribution >= 4 is 29.4 Å². The van der Waals surface area contributed by atoms with Gasteiger partial charge in [-0.2, -0.15) is 0 Å². The summed E-state index contributed by atoms with van der Waals surface area (Å²) in [7, 11) is 0. The summed E-state index contributed by atoms with van der Waals surface area (Å²) in [5, 5.41) is 5.41. The van der Waals surface area contributed by atoms with Crippen molar-refractivity contribution in [3.05, 3.63) is 90.4 Å². The fourth-order valence-electron chi connectivity index (χ4n) is 2.15. The summed E-state index contributed by atoms with van der Waals surface area (Å²) in [6, 6.07) is 15.8. The maximum absolute atomic E-state index is 12.1. The Hall–Kier alpha value is -3.80. The van der Waals surface area contributed by atoms with E-state index in [2.05, 4.69) is 20.6 Å².